The average Bonchev–Trinajstić information content (AvgIpc) is 2.38. The van der Waals surface area contributed by atoms with Gasteiger partial charge in [0.25, 0.3) is 0 Å². The van der Waals surface area contributed by atoms with Gasteiger partial charge in [-0.1, -0.05) is 12.1 Å². The molecule has 0 aliphatic heterocycles. The normalized spacial score (nSPS) is 11.7. The van der Waals surface area contributed by atoms with Crippen LogP contribution >= 0.6 is 0 Å². The Morgan fingerprint density at radius 1 is 1.40 bits per heavy atom. The fourth-order valence-corrected chi connectivity index (χ4v) is 1.68. The zero-order valence-electron chi connectivity index (χ0n) is 10.7. The first-order valence-corrected chi connectivity index (χ1v) is 6.58. The number of nitrogens with one attached hydrogen (secondary N) is 1. The van der Waals surface area contributed by atoms with Crippen LogP contribution in [0.15, 0.2) is 24.3 Å². The summed E-state index contributed by atoms with van der Waals surface area (Å²) in [6.07, 6.45) is 0.511. The molecule has 1 aromatic carbocycles. The van der Waals surface area contributed by atoms with Gasteiger partial charge in [0.05, 0.1) is 5.69 Å². The second-order valence-electron chi connectivity index (χ2n) is 3.81. The maximum Gasteiger partial charge on any atom is 0.309 e. The smallest absolute Gasteiger partial charge is 0.309 e. The summed E-state index contributed by atoms with van der Waals surface area (Å²) >= 11 is -2.63. The molecule has 20 heavy (non-hydrogen) atoms. The Labute approximate surface area is 118 Å². The third-order valence-electron chi connectivity index (χ3n) is 2.40. The Bertz CT molecular complexity index is 505. The number of carbonyl (C=O) groups is 2. The minimum atomic E-state index is -2.63. The lowest BCUT2D eigenvalue weighted by Crippen LogP contribution is -2.37. The van der Waals surface area contributed by atoms with Gasteiger partial charge >= 0.3 is 11.8 Å². The predicted molar refractivity (Wildman–Crippen MR) is 70.8 cm³/mol. The molecule has 0 aliphatic rings. The molecule has 0 heterocycles. The lowest BCUT2D eigenvalue weighted by molar-refractivity contribution is -0.137. The summed E-state index contributed by atoms with van der Waals surface area (Å²) in [5.41, 5.74) is 6.24. The summed E-state index contributed by atoms with van der Waals surface area (Å²) in [7, 11) is 1.46. The number of amides is 2. The number of primary amides is 1. The molecule has 0 aromatic heterocycles. The number of rotatable bonds is 6. The van der Waals surface area contributed by atoms with Gasteiger partial charge in [-0.15, -0.1) is 0 Å². The molecule has 110 valence electrons. The first-order chi connectivity index (χ1) is 9.40. The van der Waals surface area contributed by atoms with E-state index in [0.29, 0.717) is 12.1 Å². The third kappa shape index (κ3) is 5.34. The van der Waals surface area contributed by atoms with E-state index in [4.69, 9.17) is 5.73 Å². The summed E-state index contributed by atoms with van der Waals surface area (Å²) < 4.78 is 25.2. The molecule has 1 unspecified atom stereocenters. The van der Waals surface area contributed by atoms with Gasteiger partial charge < -0.3 is 15.6 Å². The van der Waals surface area contributed by atoms with Crippen LogP contribution in [0.3, 0.4) is 0 Å². The quantitative estimate of drug-likeness (QED) is 0.394. The minimum Gasteiger partial charge on any atom is -0.748 e. The van der Waals surface area contributed by atoms with Crippen LogP contribution < -0.4 is 16.1 Å². The number of hydrogen-bond acceptors (Lipinski definition) is 6. The van der Waals surface area contributed by atoms with E-state index >= 15 is 0 Å². The van der Waals surface area contributed by atoms with E-state index in [1.165, 1.54) is 7.05 Å². The fraction of sp³-hybridized carbons (Fsp3) is 0.273. The fourth-order valence-electron chi connectivity index (χ4n) is 1.41. The molecule has 0 aliphatic carbocycles. The van der Waals surface area contributed by atoms with Gasteiger partial charge in [-0.05, 0) is 24.1 Å². The molecule has 0 bridgehead atoms. The molecule has 0 radical (unpaired) electrons. The highest BCUT2D eigenvalue weighted by molar-refractivity contribution is 7.74. The van der Waals surface area contributed by atoms with Crippen LogP contribution in [0.1, 0.15) is 5.56 Å². The summed E-state index contributed by atoms with van der Waals surface area (Å²) in [6, 6.07) is 6.83. The summed E-state index contributed by atoms with van der Waals surface area (Å²) in [5, 5.41) is 3.46. The van der Waals surface area contributed by atoms with E-state index in [-0.39, 0.29) is 6.54 Å². The van der Waals surface area contributed by atoms with Crippen LogP contribution in [0.4, 0.5) is 5.69 Å². The Kier molecular flexibility index (Phi) is 6.10. The van der Waals surface area contributed by atoms with Crippen molar-refractivity contribution in [2.75, 3.05) is 18.7 Å². The van der Waals surface area contributed by atoms with Crippen LogP contribution in [-0.2, 0) is 31.7 Å². The summed E-state index contributed by atoms with van der Waals surface area (Å²) in [4.78, 5) is 21.4. The first kappa shape index (κ1) is 16.1. The number of benzene rings is 1. The molecular formula is C11H14N3O5S-. The van der Waals surface area contributed by atoms with Crippen molar-refractivity contribution in [3.8, 4) is 0 Å². The SMILES string of the molecule is CN(OS(=O)[O-])c1ccc(CCNC(=O)C(N)=O)cc1. The lowest BCUT2D eigenvalue weighted by atomic mass is 10.1. The largest absolute Gasteiger partial charge is 0.748 e. The van der Waals surface area contributed by atoms with Crippen molar-refractivity contribution in [1.82, 2.24) is 5.32 Å². The zero-order chi connectivity index (χ0) is 15.1. The highest BCUT2D eigenvalue weighted by Crippen LogP contribution is 2.14. The van der Waals surface area contributed by atoms with E-state index in [0.717, 1.165) is 10.6 Å². The lowest BCUT2D eigenvalue weighted by Gasteiger charge is -2.19. The zero-order valence-corrected chi connectivity index (χ0v) is 11.5. The van der Waals surface area contributed by atoms with Gasteiger partial charge in [-0.3, -0.25) is 9.59 Å². The van der Waals surface area contributed by atoms with Crippen molar-refractivity contribution in [3.05, 3.63) is 29.8 Å². The van der Waals surface area contributed by atoms with Crippen molar-refractivity contribution >= 4 is 28.9 Å². The van der Waals surface area contributed by atoms with Crippen molar-refractivity contribution in [2.45, 2.75) is 6.42 Å². The predicted octanol–water partition coefficient (Wildman–Crippen LogP) is -1.01. The van der Waals surface area contributed by atoms with Gasteiger partial charge in [0.2, 0.25) is 0 Å². The molecule has 1 atom stereocenters. The molecular weight excluding hydrogens is 286 g/mol. The Hall–Kier alpha value is -1.97. The molecule has 0 fully saturated rings. The Balaban J connectivity index is 2.48. The molecule has 0 saturated heterocycles. The number of hydroxylamine groups is 1. The van der Waals surface area contributed by atoms with Crippen LogP contribution in [0, 0.1) is 0 Å². The van der Waals surface area contributed by atoms with Crippen LogP contribution in [-0.4, -0.2) is 34.2 Å². The van der Waals surface area contributed by atoms with Crippen molar-refractivity contribution in [1.29, 1.82) is 0 Å². The number of carbonyl (C=O) groups excluding carboxylic acids is 2. The number of hydrogen-bond donors (Lipinski definition) is 2. The van der Waals surface area contributed by atoms with E-state index in [1.54, 1.807) is 24.3 Å². The second kappa shape index (κ2) is 7.58. The molecule has 0 spiro atoms. The third-order valence-corrected chi connectivity index (χ3v) is 2.74. The van der Waals surface area contributed by atoms with E-state index in [1.807, 2.05) is 0 Å². The van der Waals surface area contributed by atoms with Crippen molar-refractivity contribution < 1.29 is 22.6 Å². The first-order valence-electron chi connectivity index (χ1n) is 5.58. The monoisotopic (exact) mass is 300 g/mol. The number of anilines is 1. The molecule has 3 N–H and O–H groups in total. The van der Waals surface area contributed by atoms with Crippen LogP contribution in [0.25, 0.3) is 0 Å². The van der Waals surface area contributed by atoms with Gasteiger partial charge in [0.1, 0.15) is 11.4 Å². The summed E-state index contributed by atoms with van der Waals surface area (Å²) in [6.45, 7) is 0.276. The Morgan fingerprint density at radius 2 is 2.00 bits per heavy atom. The number of nitrogens with zero attached hydrogens (tertiary/aromatic N) is 1. The summed E-state index contributed by atoms with van der Waals surface area (Å²) in [5.74, 6) is -1.85. The molecule has 2 amide bonds. The molecule has 0 saturated carbocycles. The van der Waals surface area contributed by atoms with Crippen molar-refractivity contribution in [2.24, 2.45) is 5.73 Å². The van der Waals surface area contributed by atoms with Crippen LogP contribution in [0.2, 0.25) is 0 Å². The van der Waals surface area contributed by atoms with E-state index in [2.05, 4.69) is 9.60 Å². The Morgan fingerprint density at radius 3 is 2.50 bits per heavy atom. The minimum absolute atomic E-state index is 0.276. The van der Waals surface area contributed by atoms with Crippen molar-refractivity contribution in [3.63, 3.8) is 0 Å². The highest BCUT2D eigenvalue weighted by atomic mass is 32.2. The van der Waals surface area contributed by atoms with E-state index in [9.17, 15) is 18.4 Å². The number of nitrogens with two attached hydrogens (primary N) is 1. The van der Waals surface area contributed by atoms with Gasteiger partial charge in [0, 0.05) is 13.6 Å². The maximum absolute atomic E-state index is 10.9. The van der Waals surface area contributed by atoms with Gasteiger partial charge in [0.15, 0.2) is 0 Å². The molecule has 1 rings (SSSR count). The van der Waals surface area contributed by atoms with Crippen LogP contribution in [0.5, 0.6) is 0 Å². The molecule has 8 nitrogen and oxygen atoms in total. The topological polar surface area (TPSA) is 125 Å². The maximum atomic E-state index is 10.9. The van der Waals surface area contributed by atoms with E-state index < -0.39 is 23.2 Å². The average molecular weight is 300 g/mol. The second-order valence-corrected chi connectivity index (χ2v) is 4.37. The molecule has 1 aromatic rings. The highest BCUT2D eigenvalue weighted by Gasteiger charge is 2.07. The van der Waals surface area contributed by atoms with Gasteiger partial charge in [-0.2, -0.15) is 4.28 Å². The standard InChI is InChI=1S/C11H15N3O5S/c1-14(19-20(17)18)9-4-2-8(3-5-9)6-7-13-11(16)10(12)15/h2-5H,6-7H2,1H3,(H2,12,15)(H,13,16)(H,17,18)/p-1. The molecule has 9 heteroatoms. The van der Waals surface area contributed by atoms with Gasteiger partial charge in [-0.25, -0.2) is 9.27 Å².